The molecule has 0 spiro atoms. The maximum absolute atomic E-state index is 5.93. The molecule has 0 aliphatic rings. The summed E-state index contributed by atoms with van der Waals surface area (Å²) in [7, 11) is 1.76. The maximum atomic E-state index is 5.93. The number of para-hydroxylation sites is 1. The first-order valence-electron chi connectivity index (χ1n) is 9.13. The molecule has 2 heterocycles. The highest BCUT2D eigenvalue weighted by Crippen LogP contribution is 2.23. The summed E-state index contributed by atoms with van der Waals surface area (Å²) in [5, 5.41) is 14.6. The number of aliphatic imine (C=N–C) groups is 1. The minimum Gasteiger partial charge on any atom is -0.459 e. The molecule has 0 aliphatic carbocycles. The fourth-order valence-corrected chi connectivity index (χ4v) is 3.05. The first kappa shape index (κ1) is 20.8. The van der Waals surface area contributed by atoms with Crippen molar-refractivity contribution in [2.45, 2.75) is 19.5 Å². The topological polar surface area (TPSA) is 91.1 Å². The number of nitrogens with one attached hydrogen (secondary N) is 3. The number of benzene rings is 2. The van der Waals surface area contributed by atoms with Gasteiger partial charge in [0.25, 0.3) is 0 Å². The van der Waals surface area contributed by atoms with Crippen LogP contribution < -0.4 is 10.6 Å². The predicted molar refractivity (Wildman–Crippen MR) is 125 cm³/mol. The summed E-state index contributed by atoms with van der Waals surface area (Å²) in [4.78, 5) is 8.52. The number of fused-ring (bicyclic) bond motifs is 1. The van der Waals surface area contributed by atoms with E-state index in [1.165, 1.54) is 6.33 Å². The largest absolute Gasteiger partial charge is 0.459 e. The Morgan fingerprint density at radius 3 is 2.79 bits per heavy atom. The molecule has 8 heteroatoms. The number of hydrogen-bond donors (Lipinski definition) is 3. The van der Waals surface area contributed by atoms with E-state index in [1.54, 1.807) is 7.05 Å². The number of aromatic amines is 1. The molecule has 0 bridgehead atoms. The third kappa shape index (κ3) is 4.94. The van der Waals surface area contributed by atoms with Gasteiger partial charge in [-0.3, -0.25) is 10.1 Å². The third-order valence-corrected chi connectivity index (χ3v) is 4.52. The summed E-state index contributed by atoms with van der Waals surface area (Å²) in [6.45, 7) is 2.68. The number of guanidine groups is 1. The molecular formula is C21H23IN6O. The van der Waals surface area contributed by atoms with Crippen LogP contribution in [0.2, 0.25) is 0 Å². The molecule has 0 fully saturated rings. The Morgan fingerprint density at radius 1 is 1.17 bits per heavy atom. The highest BCUT2D eigenvalue weighted by Gasteiger charge is 2.13. The van der Waals surface area contributed by atoms with Gasteiger partial charge in [0.1, 0.15) is 17.7 Å². The molecule has 29 heavy (non-hydrogen) atoms. The van der Waals surface area contributed by atoms with Crippen LogP contribution in [0.15, 0.2) is 70.3 Å². The van der Waals surface area contributed by atoms with Crippen LogP contribution in [0.3, 0.4) is 0 Å². The van der Waals surface area contributed by atoms with Crippen molar-refractivity contribution in [2.75, 3.05) is 7.05 Å². The predicted octanol–water partition coefficient (Wildman–Crippen LogP) is 4.26. The Hall–Kier alpha value is -2.88. The number of rotatable bonds is 5. The van der Waals surface area contributed by atoms with Gasteiger partial charge in [0, 0.05) is 24.5 Å². The van der Waals surface area contributed by atoms with Gasteiger partial charge in [-0.15, -0.1) is 24.0 Å². The second-order valence-electron chi connectivity index (χ2n) is 6.51. The molecule has 150 valence electrons. The van der Waals surface area contributed by atoms with E-state index < -0.39 is 0 Å². The van der Waals surface area contributed by atoms with Crippen molar-refractivity contribution in [3.05, 3.63) is 72.2 Å². The second-order valence-corrected chi connectivity index (χ2v) is 6.51. The van der Waals surface area contributed by atoms with Crippen molar-refractivity contribution < 1.29 is 4.42 Å². The highest BCUT2D eigenvalue weighted by molar-refractivity contribution is 14.0. The molecule has 0 amide bonds. The molecule has 0 saturated heterocycles. The molecule has 0 radical (unpaired) electrons. The average molecular weight is 502 g/mol. The average Bonchev–Trinajstić information content (AvgIpc) is 3.41. The summed E-state index contributed by atoms with van der Waals surface area (Å²) in [6.07, 6.45) is 1.51. The van der Waals surface area contributed by atoms with Gasteiger partial charge in [-0.25, -0.2) is 4.98 Å². The van der Waals surface area contributed by atoms with Crippen LogP contribution in [0, 0.1) is 0 Å². The van der Waals surface area contributed by atoms with Gasteiger partial charge >= 0.3 is 0 Å². The van der Waals surface area contributed by atoms with E-state index in [2.05, 4.69) is 55.9 Å². The monoisotopic (exact) mass is 502 g/mol. The molecular weight excluding hydrogens is 479 g/mol. The zero-order chi connectivity index (χ0) is 19.3. The summed E-state index contributed by atoms with van der Waals surface area (Å²) >= 11 is 0. The summed E-state index contributed by atoms with van der Waals surface area (Å²) in [5.74, 6) is 2.33. The Kier molecular flexibility index (Phi) is 6.86. The van der Waals surface area contributed by atoms with Gasteiger partial charge in [-0.1, -0.05) is 36.4 Å². The zero-order valence-corrected chi connectivity index (χ0v) is 18.5. The number of furan rings is 1. The summed E-state index contributed by atoms with van der Waals surface area (Å²) in [5.41, 5.74) is 3.00. The zero-order valence-electron chi connectivity index (χ0n) is 16.2. The molecule has 3 N–H and O–H groups in total. The van der Waals surface area contributed by atoms with Crippen molar-refractivity contribution in [1.82, 2.24) is 25.8 Å². The third-order valence-electron chi connectivity index (χ3n) is 4.52. The van der Waals surface area contributed by atoms with Crippen molar-refractivity contribution >= 4 is 40.9 Å². The van der Waals surface area contributed by atoms with Crippen LogP contribution in [-0.2, 0) is 6.54 Å². The molecule has 2 aromatic heterocycles. The van der Waals surface area contributed by atoms with Crippen LogP contribution >= 0.6 is 24.0 Å². The molecule has 1 unspecified atom stereocenters. The minimum absolute atomic E-state index is 0. The van der Waals surface area contributed by atoms with Crippen molar-refractivity contribution in [2.24, 2.45) is 4.99 Å². The summed E-state index contributed by atoms with van der Waals surface area (Å²) in [6, 6.07) is 18.2. The Balaban J connectivity index is 0.00000240. The van der Waals surface area contributed by atoms with E-state index in [0.717, 1.165) is 33.7 Å². The van der Waals surface area contributed by atoms with E-state index in [1.807, 2.05) is 36.4 Å². The Labute approximate surface area is 186 Å². The lowest BCUT2D eigenvalue weighted by Gasteiger charge is -2.16. The van der Waals surface area contributed by atoms with E-state index in [-0.39, 0.29) is 30.0 Å². The van der Waals surface area contributed by atoms with Crippen LogP contribution in [0.25, 0.3) is 22.4 Å². The molecule has 1 atom stereocenters. The standard InChI is InChI=1S/C21H22N6O.HI/c1-14(19-11-16-7-3-4-9-18(16)28-19)26-21(22-2)23-12-15-6-5-8-17(10-15)20-24-13-25-27-20;/h3-11,13-14H,12H2,1-2H3,(H2,22,23,26)(H,24,25,27);1H. The number of hydrogen-bond acceptors (Lipinski definition) is 4. The maximum Gasteiger partial charge on any atom is 0.191 e. The van der Waals surface area contributed by atoms with E-state index in [0.29, 0.717) is 12.5 Å². The first-order chi connectivity index (χ1) is 13.7. The number of halogens is 1. The number of aromatic nitrogens is 3. The number of nitrogens with zero attached hydrogens (tertiary/aromatic N) is 3. The second kappa shape index (κ2) is 9.55. The summed E-state index contributed by atoms with van der Waals surface area (Å²) < 4.78 is 5.93. The molecule has 4 aromatic rings. The van der Waals surface area contributed by atoms with Gasteiger partial charge < -0.3 is 15.1 Å². The van der Waals surface area contributed by atoms with Crippen LogP contribution in [0.4, 0.5) is 0 Å². The van der Waals surface area contributed by atoms with Gasteiger partial charge in [0.05, 0.1) is 6.04 Å². The fraction of sp³-hybridized carbons (Fsp3) is 0.190. The van der Waals surface area contributed by atoms with Gasteiger partial charge in [-0.05, 0) is 30.7 Å². The lowest BCUT2D eigenvalue weighted by molar-refractivity contribution is 0.488. The minimum atomic E-state index is -0.0147. The Morgan fingerprint density at radius 2 is 2.03 bits per heavy atom. The lowest BCUT2D eigenvalue weighted by atomic mass is 10.1. The van der Waals surface area contributed by atoms with Crippen molar-refractivity contribution in [3.63, 3.8) is 0 Å². The quantitative estimate of drug-likeness (QED) is 0.216. The van der Waals surface area contributed by atoms with E-state index in [9.17, 15) is 0 Å². The van der Waals surface area contributed by atoms with Gasteiger partial charge in [0.15, 0.2) is 11.8 Å². The Bertz CT molecular complexity index is 1060. The van der Waals surface area contributed by atoms with Crippen LogP contribution in [0.5, 0.6) is 0 Å². The lowest BCUT2D eigenvalue weighted by Crippen LogP contribution is -2.38. The smallest absolute Gasteiger partial charge is 0.191 e. The molecule has 0 saturated carbocycles. The molecule has 2 aromatic carbocycles. The molecule has 0 aliphatic heterocycles. The normalized spacial score (nSPS) is 12.4. The highest BCUT2D eigenvalue weighted by atomic mass is 127. The molecule has 4 rings (SSSR count). The van der Waals surface area contributed by atoms with E-state index in [4.69, 9.17) is 4.42 Å². The SMILES string of the molecule is CN=C(NCc1cccc(-c2ncn[nH]2)c1)NC(C)c1cc2ccccc2o1.I. The fourth-order valence-electron chi connectivity index (χ4n) is 3.05. The van der Waals surface area contributed by atoms with Crippen molar-refractivity contribution in [3.8, 4) is 11.4 Å². The van der Waals surface area contributed by atoms with Gasteiger partial charge in [-0.2, -0.15) is 5.10 Å². The first-order valence-corrected chi connectivity index (χ1v) is 9.13. The molecule has 7 nitrogen and oxygen atoms in total. The van der Waals surface area contributed by atoms with Gasteiger partial charge in [0.2, 0.25) is 0 Å². The number of H-pyrrole nitrogens is 1. The van der Waals surface area contributed by atoms with E-state index >= 15 is 0 Å². The van der Waals surface area contributed by atoms with Crippen LogP contribution in [-0.4, -0.2) is 28.2 Å². The van der Waals surface area contributed by atoms with Crippen molar-refractivity contribution in [1.29, 1.82) is 0 Å². The van der Waals surface area contributed by atoms with Crippen LogP contribution in [0.1, 0.15) is 24.3 Å².